The fraction of sp³-hybridized carbons (Fsp3) is 0.235. The number of hydrogen-bond donors (Lipinski definition) is 0. The van der Waals surface area contributed by atoms with Crippen LogP contribution in [0.25, 0.3) is 11.0 Å². The van der Waals surface area contributed by atoms with Crippen LogP contribution in [0.15, 0.2) is 48.5 Å². The Morgan fingerprint density at radius 3 is 2.57 bits per heavy atom. The Morgan fingerprint density at radius 2 is 1.86 bits per heavy atom. The van der Waals surface area contributed by atoms with E-state index in [0.717, 1.165) is 28.4 Å². The Bertz CT molecular complexity index is 750. The van der Waals surface area contributed by atoms with Crippen LogP contribution in [0.3, 0.4) is 0 Å². The second-order valence-corrected chi connectivity index (χ2v) is 5.87. The molecule has 0 aliphatic carbocycles. The monoisotopic (exact) mass is 318 g/mol. The molecule has 0 radical (unpaired) electrons. The molecule has 0 aliphatic rings. The minimum Gasteiger partial charge on any atom is -0.325 e. The van der Waals surface area contributed by atoms with Crippen LogP contribution in [0.1, 0.15) is 24.2 Å². The van der Waals surface area contributed by atoms with Crippen molar-refractivity contribution in [3.05, 3.63) is 64.9 Å². The maximum absolute atomic E-state index is 6.36. The first kappa shape index (κ1) is 14.4. The zero-order valence-corrected chi connectivity index (χ0v) is 13.3. The summed E-state index contributed by atoms with van der Waals surface area (Å²) >= 11 is 12.4. The highest BCUT2D eigenvalue weighted by Crippen LogP contribution is 2.28. The first-order valence-electron chi connectivity index (χ1n) is 6.95. The Morgan fingerprint density at radius 1 is 1.10 bits per heavy atom. The van der Waals surface area contributed by atoms with Crippen molar-refractivity contribution in [3.8, 4) is 0 Å². The van der Waals surface area contributed by atoms with Crippen LogP contribution in [0.4, 0.5) is 0 Å². The number of rotatable bonds is 4. The van der Waals surface area contributed by atoms with Crippen molar-refractivity contribution in [1.82, 2.24) is 9.55 Å². The molecule has 0 saturated heterocycles. The molecule has 1 atom stereocenters. The van der Waals surface area contributed by atoms with Crippen LogP contribution in [0.2, 0.25) is 5.02 Å². The molecule has 1 aromatic heterocycles. The van der Waals surface area contributed by atoms with Crippen molar-refractivity contribution >= 4 is 34.2 Å². The molecule has 4 heteroatoms. The van der Waals surface area contributed by atoms with Gasteiger partial charge in [0.15, 0.2) is 0 Å². The zero-order valence-electron chi connectivity index (χ0n) is 11.8. The maximum Gasteiger partial charge on any atom is 0.124 e. The van der Waals surface area contributed by atoms with E-state index in [1.807, 2.05) is 24.3 Å². The van der Waals surface area contributed by atoms with Gasteiger partial charge in [-0.15, -0.1) is 11.6 Å². The van der Waals surface area contributed by atoms with Gasteiger partial charge in [0.1, 0.15) is 5.82 Å². The average Bonchev–Trinajstić information content (AvgIpc) is 2.87. The number of aromatic nitrogens is 2. The molecule has 0 saturated carbocycles. The van der Waals surface area contributed by atoms with Gasteiger partial charge in [0.25, 0.3) is 0 Å². The third-order valence-corrected chi connectivity index (χ3v) is 4.29. The minimum atomic E-state index is 0.363. The Kier molecular flexibility index (Phi) is 4.18. The highest BCUT2D eigenvalue weighted by atomic mass is 35.5. The molecule has 2 aromatic carbocycles. The number of halogens is 2. The van der Waals surface area contributed by atoms with Gasteiger partial charge >= 0.3 is 0 Å². The molecule has 0 amide bonds. The van der Waals surface area contributed by atoms with Gasteiger partial charge in [-0.3, -0.25) is 0 Å². The van der Waals surface area contributed by atoms with Crippen molar-refractivity contribution in [2.24, 2.45) is 0 Å². The van der Waals surface area contributed by atoms with Crippen molar-refractivity contribution < 1.29 is 0 Å². The van der Waals surface area contributed by atoms with E-state index >= 15 is 0 Å². The van der Waals surface area contributed by atoms with Crippen LogP contribution in [0.5, 0.6) is 0 Å². The largest absolute Gasteiger partial charge is 0.325 e. The number of hydrogen-bond acceptors (Lipinski definition) is 1. The predicted octanol–water partition coefficient (Wildman–Crippen LogP) is 5.23. The van der Waals surface area contributed by atoms with E-state index in [2.05, 4.69) is 40.7 Å². The SMILES string of the molecule is CC(Cn1c(CCl)nc2cccc(Cl)c21)c1ccccc1. The summed E-state index contributed by atoms with van der Waals surface area (Å²) in [6.45, 7) is 3.02. The summed E-state index contributed by atoms with van der Waals surface area (Å²) < 4.78 is 2.14. The van der Waals surface area contributed by atoms with E-state index in [-0.39, 0.29) is 0 Å². The van der Waals surface area contributed by atoms with E-state index in [9.17, 15) is 0 Å². The van der Waals surface area contributed by atoms with Crippen LogP contribution < -0.4 is 0 Å². The minimum absolute atomic E-state index is 0.363. The Hall–Kier alpha value is -1.51. The van der Waals surface area contributed by atoms with Gasteiger partial charge in [-0.05, 0) is 23.6 Å². The van der Waals surface area contributed by atoms with Crippen molar-refractivity contribution in [1.29, 1.82) is 0 Å². The predicted molar refractivity (Wildman–Crippen MR) is 89.2 cm³/mol. The lowest BCUT2D eigenvalue weighted by atomic mass is 10.0. The molecule has 0 aliphatic heterocycles. The van der Waals surface area contributed by atoms with Crippen molar-refractivity contribution in [3.63, 3.8) is 0 Å². The molecule has 3 rings (SSSR count). The lowest BCUT2D eigenvalue weighted by Gasteiger charge is -2.15. The average molecular weight is 319 g/mol. The molecule has 3 aromatic rings. The van der Waals surface area contributed by atoms with Gasteiger partial charge in [-0.1, -0.05) is 54.9 Å². The molecule has 0 fully saturated rings. The van der Waals surface area contributed by atoms with E-state index in [1.54, 1.807) is 0 Å². The molecule has 108 valence electrons. The molecular weight excluding hydrogens is 303 g/mol. The summed E-state index contributed by atoms with van der Waals surface area (Å²) in [5.41, 5.74) is 3.17. The second kappa shape index (κ2) is 6.08. The van der Waals surface area contributed by atoms with Gasteiger partial charge in [0, 0.05) is 6.54 Å². The molecule has 2 nitrogen and oxygen atoms in total. The fourth-order valence-corrected chi connectivity index (χ4v) is 3.12. The summed E-state index contributed by atoms with van der Waals surface area (Å²) in [4.78, 5) is 4.59. The quantitative estimate of drug-likeness (QED) is 0.602. The molecule has 1 heterocycles. The first-order valence-corrected chi connectivity index (χ1v) is 7.86. The summed E-state index contributed by atoms with van der Waals surface area (Å²) in [7, 11) is 0. The highest BCUT2D eigenvalue weighted by molar-refractivity contribution is 6.35. The van der Waals surface area contributed by atoms with Crippen LogP contribution in [-0.2, 0) is 12.4 Å². The van der Waals surface area contributed by atoms with Crippen LogP contribution >= 0.6 is 23.2 Å². The Labute approximate surface area is 134 Å². The number of imidazole rings is 1. The molecule has 1 unspecified atom stereocenters. The van der Waals surface area contributed by atoms with Gasteiger partial charge in [-0.25, -0.2) is 4.98 Å². The summed E-state index contributed by atoms with van der Waals surface area (Å²) in [6, 6.07) is 16.2. The molecule has 0 N–H and O–H groups in total. The van der Waals surface area contributed by atoms with Gasteiger partial charge in [0.2, 0.25) is 0 Å². The fourth-order valence-electron chi connectivity index (χ4n) is 2.65. The number of nitrogens with zero attached hydrogens (tertiary/aromatic N) is 2. The van der Waals surface area contributed by atoms with Gasteiger partial charge in [-0.2, -0.15) is 0 Å². The summed E-state index contributed by atoms with van der Waals surface area (Å²) in [5.74, 6) is 1.61. The lowest BCUT2D eigenvalue weighted by molar-refractivity contribution is 0.595. The molecule has 0 bridgehead atoms. The zero-order chi connectivity index (χ0) is 14.8. The summed E-state index contributed by atoms with van der Waals surface area (Å²) in [5, 5.41) is 0.719. The number of para-hydroxylation sites is 1. The standard InChI is InChI=1S/C17H16Cl2N2/c1-12(13-6-3-2-4-7-13)11-21-16(10-18)20-15-9-5-8-14(19)17(15)21/h2-9,12H,10-11H2,1H3. The smallest absolute Gasteiger partial charge is 0.124 e. The topological polar surface area (TPSA) is 17.8 Å². The maximum atomic E-state index is 6.36. The number of benzene rings is 2. The van der Waals surface area contributed by atoms with Crippen molar-refractivity contribution in [2.45, 2.75) is 25.3 Å². The lowest BCUT2D eigenvalue weighted by Crippen LogP contribution is -2.09. The van der Waals surface area contributed by atoms with Crippen LogP contribution in [0, 0.1) is 0 Å². The van der Waals surface area contributed by atoms with Gasteiger partial charge < -0.3 is 4.57 Å². The molecular formula is C17H16Cl2N2. The van der Waals surface area contributed by atoms with E-state index in [1.165, 1.54) is 5.56 Å². The highest BCUT2D eigenvalue weighted by Gasteiger charge is 2.15. The van der Waals surface area contributed by atoms with E-state index in [0.29, 0.717) is 11.8 Å². The second-order valence-electron chi connectivity index (χ2n) is 5.19. The third kappa shape index (κ3) is 2.78. The van der Waals surface area contributed by atoms with Crippen molar-refractivity contribution in [2.75, 3.05) is 0 Å². The Balaban J connectivity index is 2.03. The molecule has 0 spiro atoms. The van der Waals surface area contributed by atoms with Crippen LogP contribution in [-0.4, -0.2) is 9.55 Å². The third-order valence-electron chi connectivity index (χ3n) is 3.74. The molecule has 21 heavy (non-hydrogen) atoms. The summed E-state index contributed by atoms with van der Waals surface area (Å²) in [6.07, 6.45) is 0. The number of alkyl halides is 1. The van der Waals surface area contributed by atoms with E-state index in [4.69, 9.17) is 23.2 Å². The van der Waals surface area contributed by atoms with Gasteiger partial charge in [0.05, 0.1) is 21.9 Å². The first-order chi connectivity index (χ1) is 10.2. The normalized spacial score (nSPS) is 12.7. The number of fused-ring (bicyclic) bond motifs is 1. The van der Waals surface area contributed by atoms with E-state index < -0.39 is 0 Å².